The van der Waals surface area contributed by atoms with Crippen LogP contribution in [0.1, 0.15) is 35.7 Å². The highest BCUT2D eigenvalue weighted by atomic mass is 16.7. The van der Waals surface area contributed by atoms with Crippen LogP contribution in [0.4, 0.5) is 0 Å². The first-order valence-electron chi connectivity index (χ1n) is 10.9. The van der Waals surface area contributed by atoms with Crippen molar-refractivity contribution < 1.29 is 19.0 Å². The molecule has 164 valence electrons. The number of ether oxygens (including phenoxy) is 3. The van der Waals surface area contributed by atoms with Crippen molar-refractivity contribution >= 4 is 5.91 Å². The minimum absolute atomic E-state index is 0.108. The van der Waals surface area contributed by atoms with Gasteiger partial charge in [0.1, 0.15) is 11.3 Å². The van der Waals surface area contributed by atoms with E-state index in [2.05, 4.69) is 16.9 Å². The molecule has 7 nitrogen and oxygen atoms in total. The Balaban J connectivity index is 1.51. The Morgan fingerprint density at radius 2 is 1.91 bits per heavy atom. The van der Waals surface area contributed by atoms with E-state index in [4.69, 9.17) is 14.2 Å². The molecular weight excluding hydrogens is 406 g/mol. The molecule has 3 aromatic rings. The van der Waals surface area contributed by atoms with Crippen molar-refractivity contribution in [3.63, 3.8) is 0 Å². The predicted molar refractivity (Wildman–Crippen MR) is 119 cm³/mol. The summed E-state index contributed by atoms with van der Waals surface area (Å²) in [4.78, 5) is 24.3. The van der Waals surface area contributed by atoms with Crippen LogP contribution in [-0.2, 0) is 0 Å². The Morgan fingerprint density at radius 3 is 2.72 bits per heavy atom. The van der Waals surface area contributed by atoms with Gasteiger partial charge in [-0.3, -0.25) is 4.79 Å². The van der Waals surface area contributed by atoms with Crippen LogP contribution in [0.2, 0.25) is 0 Å². The van der Waals surface area contributed by atoms with Crippen LogP contribution in [0.25, 0.3) is 11.4 Å². The van der Waals surface area contributed by atoms with Gasteiger partial charge in [0.2, 0.25) is 12.7 Å². The average Bonchev–Trinajstić information content (AvgIpc) is 3.27. The molecule has 2 aliphatic heterocycles. The highest BCUT2D eigenvalue weighted by molar-refractivity contribution is 5.96. The van der Waals surface area contributed by atoms with E-state index in [-0.39, 0.29) is 18.6 Å². The number of benzene rings is 2. The van der Waals surface area contributed by atoms with Gasteiger partial charge in [0.25, 0.3) is 5.91 Å². The van der Waals surface area contributed by atoms with Crippen molar-refractivity contribution in [3.05, 3.63) is 59.8 Å². The molecule has 0 radical (unpaired) electrons. The second kappa shape index (κ2) is 8.49. The smallest absolute Gasteiger partial charge is 0.260 e. The molecule has 0 atom stereocenters. The van der Waals surface area contributed by atoms with Gasteiger partial charge in [-0.05, 0) is 43.9 Å². The maximum Gasteiger partial charge on any atom is 0.260 e. The van der Waals surface area contributed by atoms with Gasteiger partial charge >= 0.3 is 0 Å². The molecule has 0 spiro atoms. The lowest BCUT2D eigenvalue weighted by Gasteiger charge is -2.30. The van der Waals surface area contributed by atoms with E-state index < -0.39 is 0 Å². The summed E-state index contributed by atoms with van der Waals surface area (Å²) in [5, 5.41) is 0. The molecule has 0 saturated carbocycles. The SMILES string of the molecule is Cc1cccc(-c2ncc(C(=O)N3CCC(C)CC3)c(Oc3ccc4c(c3)OCO4)n2)c1. The van der Waals surface area contributed by atoms with Crippen molar-refractivity contribution in [2.45, 2.75) is 26.7 Å². The Kier molecular flexibility index (Phi) is 5.39. The van der Waals surface area contributed by atoms with Gasteiger partial charge in [0.05, 0.1) is 0 Å². The molecule has 5 rings (SSSR count). The number of aryl methyl sites for hydroxylation is 1. The summed E-state index contributed by atoms with van der Waals surface area (Å²) in [5.74, 6) is 3.05. The first kappa shape index (κ1) is 20.3. The molecule has 32 heavy (non-hydrogen) atoms. The fourth-order valence-corrected chi connectivity index (χ4v) is 3.95. The molecule has 3 heterocycles. The zero-order chi connectivity index (χ0) is 22.1. The van der Waals surface area contributed by atoms with Gasteiger partial charge in [-0.1, -0.05) is 30.7 Å². The summed E-state index contributed by atoms with van der Waals surface area (Å²) < 4.78 is 17.0. The van der Waals surface area contributed by atoms with E-state index in [0.717, 1.165) is 37.1 Å². The van der Waals surface area contributed by atoms with Crippen molar-refractivity contribution in [1.82, 2.24) is 14.9 Å². The number of aromatic nitrogens is 2. The van der Waals surface area contributed by atoms with Gasteiger partial charge in [-0.15, -0.1) is 0 Å². The summed E-state index contributed by atoms with van der Waals surface area (Å²) >= 11 is 0. The fourth-order valence-electron chi connectivity index (χ4n) is 3.95. The van der Waals surface area contributed by atoms with Gasteiger partial charge in [-0.25, -0.2) is 4.98 Å². The monoisotopic (exact) mass is 431 g/mol. The summed E-state index contributed by atoms with van der Waals surface area (Å²) in [7, 11) is 0. The summed E-state index contributed by atoms with van der Waals surface area (Å²) in [5.41, 5.74) is 2.33. The molecule has 7 heteroatoms. The molecule has 2 aliphatic rings. The third kappa shape index (κ3) is 4.10. The fraction of sp³-hybridized carbons (Fsp3) is 0.320. The second-order valence-corrected chi connectivity index (χ2v) is 8.37. The highest BCUT2D eigenvalue weighted by Gasteiger charge is 2.26. The van der Waals surface area contributed by atoms with Crippen molar-refractivity contribution in [2.24, 2.45) is 5.92 Å². The number of likely N-dealkylation sites (tertiary alicyclic amines) is 1. The predicted octanol–water partition coefficient (Wildman–Crippen LogP) is 4.85. The number of amides is 1. The normalized spacial score (nSPS) is 15.6. The average molecular weight is 431 g/mol. The first-order chi connectivity index (χ1) is 15.6. The number of nitrogens with zero attached hydrogens (tertiary/aromatic N) is 3. The van der Waals surface area contributed by atoms with E-state index in [9.17, 15) is 4.79 Å². The zero-order valence-electron chi connectivity index (χ0n) is 18.2. The minimum atomic E-state index is -0.108. The van der Waals surface area contributed by atoms with Gasteiger partial charge < -0.3 is 19.1 Å². The molecular formula is C25H25N3O4. The molecule has 2 aromatic carbocycles. The largest absolute Gasteiger partial charge is 0.454 e. The van der Waals surface area contributed by atoms with E-state index in [1.54, 1.807) is 24.4 Å². The molecule has 0 unspecified atom stereocenters. The quantitative estimate of drug-likeness (QED) is 0.588. The van der Waals surface area contributed by atoms with Crippen molar-refractivity contribution in [2.75, 3.05) is 19.9 Å². The Morgan fingerprint density at radius 1 is 1.09 bits per heavy atom. The number of hydrogen-bond acceptors (Lipinski definition) is 6. The van der Waals surface area contributed by atoms with E-state index in [0.29, 0.717) is 34.6 Å². The number of carbonyl (C=O) groups is 1. The van der Waals surface area contributed by atoms with Crippen LogP contribution in [0.3, 0.4) is 0 Å². The Bertz CT molecular complexity index is 1160. The van der Waals surface area contributed by atoms with Crippen LogP contribution in [0.15, 0.2) is 48.7 Å². The summed E-state index contributed by atoms with van der Waals surface area (Å²) in [6.45, 7) is 5.87. The van der Waals surface area contributed by atoms with Gasteiger partial charge in [0, 0.05) is 30.9 Å². The van der Waals surface area contributed by atoms with Crippen LogP contribution in [-0.4, -0.2) is 40.7 Å². The standard InChI is InChI=1S/C25H25N3O4/c1-16-8-10-28(11-9-16)25(29)20-14-26-23(18-5-3-4-17(2)12-18)27-24(20)32-19-6-7-21-22(13-19)31-15-30-21/h3-7,12-14,16H,8-11,15H2,1-2H3. The zero-order valence-corrected chi connectivity index (χ0v) is 18.2. The van der Waals surface area contributed by atoms with Crippen LogP contribution in [0.5, 0.6) is 23.1 Å². The minimum Gasteiger partial charge on any atom is -0.454 e. The lowest BCUT2D eigenvalue weighted by molar-refractivity contribution is 0.0693. The number of carbonyl (C=O) groups excluding carboxylic acids is 1. The third-order valence-corrected chi connectivity index (χ3v) is 5.89. The molecule has 1 fully saturated rings. The Labute approximate surface area is 187 Å². The van der Waals surface area contributed by atoms with Crippen molar-refractivity contribution in [1.29, 1.82) is 0 Å². The maximum absolute atomic E-state index is 13.3. The van der Waals surface area contributed by atoms with Crippen molar-refractivity contribution in [3.8, 4) is 34.5 Å². The van der Waals surface area contributed by atoms with Gasteiger partial charge in [0.15, 0.2) is 17.3 Å². The number of rotatable bonds is 4. The van der Waals surface area contributed by atoms with E-state index in [1.165, 1.54) is 0 Å². The molecule has 1 aromatic heterocycles. The Hall–Kier alpha value is -3.61. The molecule has 1 saturated heterocycles. The summed E-state index contributed by atoms with van der Waals surface area (Å²) in [6, 6.07) is 13.2. The lowest BCUT2D eigenvalue weighted by atomic mass is 9.99. The maximum atomic E-state index is 13.3. The van der Waals surface area contributed by atoms with Crippen LogP contribution >= 0.6 is 0 Å². The van der Waals surface area contributed by atoms with E-state index in [1.807, 2.05) is 36.1 Å². The first-order valence-corrected chi connectivity index (χ1v) is 10.9. The topological polar surface area (TPSA) is 73.8 Å². The summed E-state index contributed by atoms with van der Waals surface area (Å²) in [6.07, 6.45) is 3.56. The second-order valence-electron chi connectivity index (χ2n) is 8.37. The van der Waals surface area contributed by atoms with Gasteiger partial charge in [-0.2, -0.15) is 4.98 Å². The molecule has 0 N–H and O–H groups in total. The van der Waals surface area contributed by atoms with Crippen LogP contribution < -0.4 is 14.2 Å². The molecule has 0 aliphatic carbocycles. The highest BCUT2D eigenvalue weighted by Crippen LogP contribution is 2.37. The molecule has 0 bridgehead atoms. The number of fused-ring (bicyclic) bond motifs is 1. The third-order valence-electron chi connectivity index (χ3n) is 5.89. The lowest BCUT2D eigenvalue weighted by Crippen LogP contribution is -2.38. The number of piperidine rings is 1. The number of hydrogen-bond donors (Lipinski definition) is 0. The van der Waals surface area contributed by atoms with E-state index >= 15 is 0 Å². The van der Waals surface area contributed by atoms with Crippen LogP contribution in [0, 0.1) is 12.8 Å². The molecule has 1 amide bonds.